The molecule has 0 bridgehead atoms. The third-order valence-corrected chi connectivity index (χ3v) is 1.75. The van der Waals surface area contributed by atoms with Gasteiger partial charge in [0, 0.05) is 0 Å². The minimum absolute atomic E-state index is 0.278. The smallest absolute Gasteiger partial charge is 0.335 e. The Bertz CT molecular complexity index is 347. The molecule has 66 valence electrons. The second-order valence-corrected chi connectivity index (χ2v) is 2.61. The first-order valence-electron chi connectivity index (χ1n) is 3.80. The van der Waals surface area contributed by atoms with Crippen molar-refractivity contribution in [1.82, 2.24) is 0 Å². The van der Waals surface area contributed by atoms with E-state index in [4.69, 9.17) is 5.11 Å². The van der Waals surface area contributed by atoms with Crippen LogP contribution in [0.25, 0.3) is 5.57 Å². The molecule has 0 heterocycles. The fourth-order valence-corrected chi connectivity index (χ4v) is 0.945. The number of carbonyl (C=O) groups is 1. The van der Waals surface area contributed by atoms with E-state index in [-0.39, 0.29) is 5.56 Å². The Labute approximate surface area is 76.8 Å². The van der Waals surface area contributed by atoms with Gasteiger partial charge in [0.05, 0.1) is 5.56 Å². The summed E-state index contributed by atoms with van der Waals surface area (Å²) in [5.74, 6) is -0.921. The van der Waals surface area contributed by atoms with Gasteiger partial charge >= 0.3 is 5.97 Å². The van der Waals surface area contributed by atoms with Crippen LogP contribution in [0.3, 0.4) is 0 Å². The van der Waals surface area contributed by atoms with Crippen LogP contribution < -0.4 is 0 Å². The molecule has 1 aromatic rings. The third kappa shape index (κ3) is 2.06. The van der Waals surface area contributed by atoms with Gasteiger partial charge in [-0.3, -0.25) is 0 Å². The van der Waals surface area contributed by atoms with Crippen LogP contribution in [-0.4, -0.2) is 11.1 Å². The molecule has 0 unspecified atom stereocenters. The molecule has 0 fully saturated rings. The predicted molar refractivity (Wildman–Crippen MR) is 52.6 cm³/mol. The third-order valence-electron chi connectivity index (χ3n) is 1.75. The lowest BCUT2D eigenvalue weighted by Gasteiger charge is -1.99. The highest BCUT2D eigenvalue weighted by atomic mass is 16.4. The van der Waals surface area contributed by atoms with Gasteiger partial charge in [0.15, 0.2) is 0 Å². The zero-order valence-corrected chi connectivity index (χ0v) is 7.16. The number of allylic oxidation sites excluding steroid dienone is 2. The maximum absolute atomic E-state index is 10.5. The van der Waals surface area contributed by atoms with Crippen molar-refractivity contribution in [2.45, 2.75) is 0 Å². The number of carboxylic acids is 1. The highest BCUT2D eigenvalue weighted by molar-refractivity contribution is 5.88. The summed E-state index contributed by atoms with van der Waals surface area (Å²) >= 11 is 0. The van der Waals surface area contributed by atoms with Crippen LogP contribution in [0.4, 0.5) is 0 Å². The van der Waals surface area contributed by atoms with E-state index in [1.54, 1.807) is 30.3 Å². The molecular formula is C11H10O2. The minimum Gasteiger partial charge on any atom is -0.478 e. The highest BCUT2D eigenvalue weighted by Crippen LogP contribution is 2.13. The van der Waals surface area contributed by atoms with Gasteiger partial charge in [-0.2, -0.15) is 0 Å². The van der Waals surface area contributed by atoms with Crippen molar-refractivity contribution in [3.8, 4) is 0 Å². The minimum atomic E-state index is -0.921. The molecule has 0 aromatic heterocycles. The first-order valence-corrected chi connectivity index (χ1v) is 3.80. The number of rotatable bonds is 3. The number of benzene rings is 1. The molecule has 0 aliphatic rings. The lowest BCUT2D eigenvalue weighted by Crippen LogP contribution is -1.95. The number of hydrogen-bond donors (Lipinski definition) is 1. The van der Waals surface area contributed by atoms with E-state index >= 15 is 0 Å². The molecule has 0 aliphatic heterocycles. The van der Waals surface area contributed by atoms with E-state index in [0.717, 1.165) is 11.1 Å². The van der Waals surface area contributed by atoms with E-state index in [1.807, 2.05) is 0 Å². The van der Waals surface area contributed by atoms with Crippen molar-refractivity contribution in [2.75, 3.05) is 0 Å². The SMILES string of the molecule is C=CC(=C)c1ccc(C(=O)O)cc1. The molecule has 0 saturated carbocycles. The maximum atomic E-state index is 10.5. The lowest BCUT2D eigenvalue weighted by molar-refractivity contribution is 0.0697. The summed E-state index contributed by atoms with van der Waals surface area (Å²) in [6.45, 7) is 7.33. The van der Waals surface area contributed by atoms with Crippen LogP contribution in [0.2, 0.25) is 0 Å². The fraction of sp³-hybridized carbons (Fsp3) is 0. The molecule has 2 nitrogen and oxygen atoms in total. The van der Waals surface area contributed by atoms with Crippen LogP contribution >= 0.6 is 0 Å². The highest BCUT2D eigenvalue weighted by Gasteiger charge is 2.01. The quantitative estimate of drug-likeness (QED) is 0.715. The van der Waals surface area contributed by atoms with Gasteiger partial charge in [0.1, 0.15) is 0 Å². The summed E-state index contributed by atoms with van der Waals surface area (Å²) in [7, 11) is 0. The van der Waals surface area contributed by atoms with Crippen LogP contribution in [0.1, 0.15) is 15.9 Å². The summed E-state index contributed by atoms with van der Waals surface area (Å²) in [6.07, 6.45) is 1.63. The monoisotopic (exact) mass is 174 g/mol. The summed E-state index contributed by atoms with van der Waals surface area (Å²) in [5, 5.41) is 8.63. The number of hydrogen-bond acceptors (Lipinski definition) is 1. The lowest BCUT2D eigenvalue weighted by atomic mass is 10.1. The molecule has 0 atom stereocenters. The van der Waals surface area contributed by atoms with Crippen molar-refractivity contribution in [3.63, 3.8) is 0 Å². The van der Waals surface area contributed by atoms with Crippen LogP contribution in [0.5, 0.6) is 0 Å². The maximum Gasteiger partial charge on any atom is 0.335 e. The molecule has 0 spiro atoms. The second-order valence-electron chi connectivity index (χ2n) is 2.61. The van der Waals surface area contributed by atoms with E-state index in [2.05, 4.69) is 13.2 Å². The summed E-state index contributed by atoms with van der Waals surface area (Å²) in [5.41, 5.74) is 1.96. The van der Waals surface area contributed by atoms with Gasteiger partial charge < -0.3 is 5.11 Å². The van der Waals surface area contributed by atoms with Gasteiger partial charge in [-0.15, -0.1) is 0 Å². The van der Waals surface area contributed by atoms with Crippen molar-refractivity contribution >= 4 is 11.5 Å². The fourth-order valence-electron chi connectivity index (χ4n) is 0.945. The molecule has 1 N–H and O–H groups in total. The van der Waals surface area contributed by atoms with E-state index in [0.29, 0.717) is 0 Å². The first kappa shape index (κ1) is 9.26. The summed E-state index contributed by atoms with van der Waals surface area (Å²) < 4.78 is 0. The summed E-state index contributed by atoms with van der Waals surface area (Å²) in [4.78, 5) is 10.5. The van der Waals surface area contributed by atoms with Crippen LogP contribution in [0.15, 0.2) is 43.5 Å². The van der Waals surface area contributed by atoms with Crippen molar-refractivity contribution < 1.29 is 9.90 Å². The zero-order valence-electron chi connectivity index (χ0n) is 7.16. The Hall–Kier alpha value is -1.83. The standard InChI is InChI=1S/C11H10O2/c1-3-8(2)9-4-6-10(7-5-9)11(12)13/h3-7H,1-2H2,(H,12,13). The normalized spacial score (nSPS) is 9.23. The molecular weight excluding hydrogens is 164 g/mol. The largest absolute Gasteiger partial charge is 0.478 e. The molecule has 0 aliphatic carbocycles. The van der Waals surface area contributed by atoms with E-state index in [1.165, 1.54) is 0 Å². The average Bonchev–Trinajstić information content (AvgIpc) is 2.17. The van der Waals surface area contributed by atoms with Gasteiger partial charge in [0.25, 0.3) is 0 Å². The van der Waals surface area contributed by atoms with Gasteiger partial charge in [-0.05, 0) is 23.3 Å². The molecule has 0 saturated heterocycles. The van der Waals surface area contributed by atoms with Crippen LogP contribution in [-0.2, 0) is 0 Å². The van der Waals surface area contributed by atoms with E-state index < -0.39 is 5.97 Å². The van der Waals surface area contributed by atoms with Crippen molar-refractivity contribution in [1.29, 1.82) is 0 Å². The molecule has 0 amide bonds. The Morgan fingerprint density at radius 3 is 2.08 bits per heavy atom. The van der Waals surface area contributed by atoms with Crippen molar-refractivity contribution in [3.05, 3.63) is 54.6 Å². The van der Waals surface area contributed by atoms with Gasteiger partial charge in [-0.1, -0.05) is 31.4 Å². The van der Waals surface area contributed by atoms with Gasteiger partial charge in [-0.25, -0.2) is 4.79 Å². The first-order chi connectivity index (χ1) is 6.15. The predicted octanol–water partition coefficient (Wildman–Crippen LogP) is 2.58. The molecule has 2 heteroatoms. The Morgan fingerprint density at radius 1 is 1.23 bits per heavy atom. The van der Waals surface area contributed by atoms with Crippen molar-refractivity contribution in [2.24, 2.45) is 0 Å². The Kier molecular flexibility index (Phi) is 2.65. The molecule has 13 heavy (non-hydrogen) atoms. The van der Waals surface area contributed by atoms with Gasteiger partial charge in [0.2, 0.25) is 0 Å². The number of aromatic carboxylic acids is 1. The zero-order chi connectivity index (χ0) is 9.84. The second kappa shape index (κ2) is 3.72. The number of carboxylic acid groups (broad SMARTS) is 1. The Balaban J connectivity index is 3.00. The molecule has 0 radical (unpaired) electrons. The van der Waals surface area contributed by atoms with Crippen LogP contribution in [0, 0.1) is 0 Å². The Morgan fingerprint density at radius 2 is 1.69 bits per heavy atom. The summed E-state index contributed by atoms with van der Waals surface area (Å²) in [6, 6.07) is 6.53. The molecule has 1 aromatic carbocycles. The van der Waals surface area contributed by atoms with E-state index in [9.17, 15) is 4.79 Å². The topological polar surface area (TPSA) is 37.3 Å². The molecule has 1 rings (SSSR count). The average molecular weight is 174 g/mol.